The van der Waals surface area contributed by atoms with Crippen molar-refractivity contribution in [3.63, 3.8) is 0 Å². The smallest absolute Gasteiger partial charge is 0.410 e. The highest BCUT2D eigenvalue weighted by Gasteiger charge is 2.26. The van der Waals surface area contributed by atoms with Gasteiger partial charge in [0.2, 0.25) is 0 Å². The summed E-state index contributed by atoms with van der Waals surface area (Å²) in [6.07, 6.45) is 0.186. The lowest BCUT2D eigenvalue weighted by atomic mass is 9.92. The summed E-state index contributed by atoms with van der Waals surface area (Å²) >= 11 is 0. The van der Waals surface area contributed by atoms with Crippen LogP contribution in [0.3, 0.4) is 0 Å². The second-order valence-electron chi connectivity index (χ2n) is 7.75. The minimum absolute atomic E-state index is 0.264. The summed E-state index contributed by atoms with van der Waals surface area (Å²) in [5, 5.41) is 10.2. The molecule has 24 heavy (non-hydrogen) atoms. The maximum atomic E-state index is 12.3. The Labute approximate surface area is 145 Å². The third-order valence-electron chi connectivity index (χ3n) is 4.23. The molecule has 0 aromatic heterocycles. The van der Waals surface area contributed by atoms with Crippen molar-refractivity contribution in [1.82, 2.24) is 9.80 Å². The Morgan fingerprint density at radius 2 is 1.92 bits per heavy atom. The van der Waals surface area contributed by atoms with E-state index in [2.05, 4.69) is 25.7 Å². The van der Waals surface area contributed by atoms with Crippen LogP contribution in [0.5, 0.6) is 0 Å². The summed E-state index contributed by atoms with van der Waals surface area (Å²) < 4.78 is 5.38. The maximum absolute atomic E-state index is 12.3. The highest BCUT2D eigenvalue weighted by atomic mass is 16.6. The topological polar surface area (TPSA) is 53.0 Å². The number of aliphatic hydroxyl groups is 1. The maximum Gasteiger partial charge on any atom is 0.410 e. The summed E-state index contributed by atoms with van der Waals surface area (Å²) in [6, 6.07) is 9.64. The van der Waals surface area contributed by atoms with Gasteiger partial charge in [0.1, 0.15) is 6.61 Å². The minimum Gasteiger partial charge on any atom is -0.445 e. The van der Waals surface area contributed by atoms with Gasteiger partial charge >= 0.3 is 6.09 Å². The van der Waals surface area contributed by atoms with Gasteiger partial charge < -0.3 is 14.7 Å². The van der Waals surface area contributed by atoms with Gasteiger partial charge in [0, 0.05) is 19.6 Å². The first-order valence-corrected chi connectivity index (χ1v) is 8.69. The first-order valence-electron chi connectivity index (χ1n) is 8.69. The molecule has 134 valence electrons. The molecule has 1 unspecified atom stereocenters. The molecule has 0 aliphatic carbocycles. The molecule has 1 aliphatic heterocycles. The average Bonchev–Trinajstić information content (AvgIpc) is 2.72. The van der Waals surface area contributed by atoms with Gasteiger partial charge in [-0.1, -0.05) is 51.1 Å². The van der Waals surface area contributed by atoms with Crippen LogP contribution in [0.25, 0.3) is 0 Å². The van der Waals surface area contributed by atoms with Crippen molar-refractivity contribution >= 4 is 6.09 Å². The van der Waals surface area contributed by atoms with Crippen molar-refractivity contribution in [1.29, 1.82) is 0 Å². The molecule has 1 heterocycles. The average molecular weight is 334 g/mol. The Morgan fingerprint density at radius 3 is 2.58 bits per heavy atom. The predicted molar refractivity (Wildman–Crippen MR) is 94.7 cm³/mol. The second kappa shape index (κ2) is 8.49. The number of hydrogen-bond acceptors (Lipinski definition) is 4. The third-order valence-corrected chi connectivity index (χ3v) is 4.23. The van der Waals surface area contributed by atoms with E-state index in [9.17, 15) is 9.90 Å². The van der Waals surface area contributed by atoms with E-state index in [0.717, 1.165) is 25.1 Å². The van der Waals surface area contributed by atoms with E-state index in [1.54, 1.807) is 4.90 Å². The Morgan fingerprint density at radius 1 is 1.21 bits per heavy atom. The molecule has 0 saturated carbocycles. The number of β-amino-alcohol motifs (C(OH)–C–C–N with tert-alkyl or cyclic N) is 1. The highest BCUT2D eigenvalue weighted by molar-refractivity contribution is 5.67. The standard InChI is InChI=1S/C19H30N2O3/c1-19(2,3)9-10-20-11-12-21(14-17(22)13-20)18(23)24-15-16-7-5-4-6-8-16/h4-8,17,22H,9-15H2,1-3H3. The molecule has 0 radical (unpaired) electrons. The van der Waals surface area contributed by atoms with E-state index in [0.29, 0.717) is 19.6 Å². The lowest BCUT2D eigenvalue weighted by molar-refractivity contribution is 0.0750. The molecule has 0 bridgehead atoms. The molecule has 5 nitrogen and oxygen atoms in total. The molecule has 1 amide bonds. The van der Waals surface area contributed by atoms with Gasteiger partial charge in [-0.05, 0) is 23.9 Å². The fourth-order valence-electron chi connectivity index (χ4n) is 2.73. The first-order chi connectivity index (χ1) is 11.3. The van der Waals surface area contributed by atoms with E-state index < -0.39 is 6.10 Å². The number of nitrogens with zero attached hydrogens (tertiary/aromatic N) is 2. The number of carbonyl (C=O) groups is 1. The Kier molecular flexibility index (Phi) is 6.63. The van der Waals surface area contributed by atoms with E-state index in [-0.39, 0.29) is 18.1 Å². The zero-order valence-electron chi connectivity index (χ0n) is 15.1. The van der Waals surface area contributed by atoms with Crippen LogP contribution in [0.2, 0.25) is 0 Å². The van der Waals surface area contributed by atoms with Gasteiger partial charge in [-0.15, -0.1) is 0 Å². The molecule has 1 aromatic carbocycles. The highest BCUT2D eigenvalue weighted by Crippen LogP contribution is 2.19. The lowest BCUT2D eigenvalue weighted by Crippen LogP contribution is -2.38. The van der Waals surface area contributed by atoms with Gasteiger partial charge in [0.05, 0.1) is 12.6 Å². The third kappa shape index (κ3) is 6.49. The first kappa shape index (κ1) is 18.7. The second-order valence-corrected chi connectivity index (χ2v) is 7.75. The summed E-state index contributed by atoms with van der Waals surface area (Å²) in [5.41, 5.74) is 1.24. The minimum atomic E-state index is -0.531. The van der Waals surface area contributed by atoms with Crippen LogP contribution in [0.4, 0.5) is 4.79 Å². The van der Waals surface area contributed by atoms with E-state index in [1.165, 1.54) is 0 Å². The van der Waals surface area contributed by atoms with Crippen molar-refractivity contribution in [2.24, 2.45) is 5.41 Å². The van der Waals surface area contributed by atoms with Gasteiger partial charge in [-0.25, -0.2) is 4.79 Å². The van der Waals surface area contributed by atoms with Gasteiger partial charge in [-0.2, -0.15) is 0 Å². The summed E-state index contributed by atoms with van der Waals surface area (Å²) in [4.78, 5) is 16.1. The van der Waals surface area contributed by atoms with Gasteiger partial charge in [0.15, 0.2) is 0 Å². The summed E-state index contributed by atoms with van der Waals surface area (Å²) in [6.45, 7) is 10.2. The van der Waals surface area contributed by atoms with Crippen molar-refractivity contribution in [3.05, 3.63) is 35.9 Å². The molecule has 1 atom stereocenters. The van der Waals surface area contributed by atoms with Gasteiger partial charge in [0.25, 0.3) is 0 Å². The van der Waals surface area contributed by atoms with Crippen LogP contribution in [0.1, 0.15) is 32.8 Å². The Balaban J connectivity index is 1.82. The normalized spacial score (nSPS) is 19.8. The van der Waals surface area contributed by atoms with Crippen LogP contribution in [-0.4, -0.2) is 59.8 Å². The number of hydrogen-bond donors (Lipinski definition) is 1. The molecule has 2 rings (SSSR count). The molecule has 5 heteroatoms. The zero-order valence-corrected chi connectivity index (χ0v) is 15.1. The number of benzene rings is 1. The Hall–Kier alpha value is -1.59. The molecule has 1 fully saturated rings. The molecule has 1 N–H and O–H groups in total. The number of amides is 1. The lowest BCUT2D eigenvalue weighted by Gasteiger charge is -2.26. The predicted octanol–water partition coefficient (Wildman–Crippen LogP) is 2.74. The molecule has 1 aromatic rings. The number of carbonyl (C=O) groups excluding carboxylic acids is 1. The van der Waals surface area contributed by atoms with Crippen LogP contribution < -0.4 is 0 Å². The fraction of sp³-hybridized carbons (Fsp3) is 0.632. The summed E-state index contributed by atoms with van der Waals surface area (Å²) in [7, 11) is 0. The molecular formula is C19H30N2O3. The zero-order chi connectivity index (χ0) is 17.6. The number of aliphatic hydroxyl groups excluding tert-OH is 1. The van der Waals surface area contributed by atoms with Crippen LogP contribution >= 0.6 is 0 Å². The largest absolute Gasteiger partial charge is 0.445 e. The van der Waals surface area contributed by atoms with Crippen molar-refractivity contribution in [3.8, 4) is 0 Å². The molecular weight excluding hydrogens is 304 g/mol. The SMILES string of the molecule is CC(C)(C)CCN1CCN(C(=O)OCc2ccccc2)CC(O)C1. The number of rotatable bonds is 4. The molecule has 0 spiro atoms. The van der Waals surface area contributed by atoms with Gasteiger partial charge in [-0.3, -0.25) is 4.90 Å². The van der Waals surface area contributed by atoms with Crippen molar-refractivity contribution in [2.45, 2.75) is 39.9 Å². The monoisotopic (exact) mass is 334 g/mol. The fourth-order valence-corrected chi connectivity index (χ4v) is 2.73. The Bertz CT molecular complexity index is 513. The van der Waals surface area contributed by atoms with Crippen LogP contribution in [0, 0.1) is 5.41 Å². The number of ether oxygens (including phenoxy) is 1. The molecule has 1 aliphatic rings. The van der Waals surface area contributed by atoms with Crippen LogP contribution in [-0.2, 0) is 11.3 Å². The van der Waals surface area contributed by atoms with Crippen LogP contribution in [0.15, 0.2) is 30.3 Å². The van der Waals surface area contributed by atoms with E-state index in [4.69, 9.17) is 4.74 Å². The molecule has 1 saturated heterocycles. The van der Waals surface area contributed by atoms with Crippen molar-refractivity contribution in [2.75, 3.05) is 32.7 Å². The summed E-state index contributed by atoms with van der Waals surface area (Å²) in [5.74, 6) is 0. The quantitative estimate of drug-likeness (QED) is 0.920. The van der Waals surface area contributed by atoms with E-state index >= 15 is 0 Å². The van der Waals surface area contributed by atoms with Crippen molar-refractivity contribution < 1.29 is 14.6 Å². The van der Waals surface area contributed by atoms with E-state index in [1.807, 2.05) is 30.3 Å².